The average Bonchev–Trinajstić information content (AvgIpc) is 3.09. The second kappa shape index (κ2) is 9.65. The smallest absolute Gasteiger partial charge is 0.407 e. The van der Waals surface area contributed by atoms with E-state index in [9.17, 15) is 19.5 Å². The Bertz CT molecular complexity index is 1000. The normalized spacial score (nSPS) is 16.6. The molecule has 2 aliphatic carbocycles. The fourth-order valence-corrected chi connectivity index (χ4v) is 4.93. The van der Waals surface area contributed by atoms with E-state index < -0.39 is 23.6 Å². The Morgan fingerprint density at radius 3 is 2.18 bits per heavy atom. The van der Waals surface area contributed by atoms with Gasteiger partial charge in [0.1, 0.15) is 12.6 Å². The van der Waals surface area contributed by atoms with Gasteiger partial charge in [-0.3, -0.25) is 9.59 Å². The maximum Gasteiger partial charge on any atom is 0.407 e. The topological polar surface area (TPSA) is 105 Å². The second-order valence-electron chi connectivity index (χ2n) is 9.00. The van der Waals surface area contributed by atoms with Gasteiger partial charge in [0.2, 0.25) is 5.91 Å². The summed E-state index contributed by atoms with van der Waals surface area (Å²) in [5, 5.41) is 14.8. The molecule has 2 aromatic rings. The van der Waals surface area contributed by atoms with Crippen LogP contribution in [0.5, 0.6) is 0 Å². The summed E-state index contributed by atoms with van der Waals surface area (Å²) < 4.78 is 5.58. The van der Waals surface area contributed by atoms with Crippen LogP contribution in [0.4, 0.5) is 4.79 Å². The fraction of sp³-hybridized carbons (Fsp3) is 0.423. The molecule has 33 heavy (non-hydrogen) atoms. The lowest BCUT2D eigenvalue weighted by Crippen LogP contribution is -2.59. The number of rotatable bonds is 9. The molecule has 1 atom stereocenters. The van der Waals surface area contributed by atoms with Crippen LogP contribution < -0.4 is 10.6 Å². The molecule has 174 valence electrons. The number of carboxylic acids is 1. The summed E-state index contributed by atoms with van der Waals surface area (Å²) in [6, 6.07) is 15.4. The lowest BCUT2D eigenvalue weighted by molar-refractivity contribution is -0.140. The number of aliphatic carboxylic acids is 1. The zero-order valence-electron chi connectivity index (χ0n) is 18.8. The maximum atomic E-state index is 12.9. The average molecular weight is 451 g/mol. The third-order valence-electron chi connectivity index (χ3n) is 6.72. The van der Waals surface area contributed by atoms with E-state index in [0.717, 1.165) is 28.7 Å². The molecular formula is C26H30N2O5. The molecule has 0 aromatic heterocycles. The van der Waals surface area contributed by atoms with Crippen LogP contribution in [0.25, 0.3) is 11.1 Å². The maximum absolute atomic E-state index is 12.9. The van der Waals surface area contributed by atoms with Gasteiger partial charge >= 0.3 is 12.1 Å². The van der Waals surface area contributed by atoms with Crippen molar-refractivity contribution in [3.8, 4) is 11.1 Å². The summed E-state index contributed by atoms with van der Waals surface area (Å²) in [5.74, 6) is -1.35. The van der Waals surface area contributed by atoms with Gasteiger partial charge in [0.15, 0.2) is 0 Å². The summed E-state index contributed by atoms with van der Waals surface area (Å²) in [4.78, 5) is 36.7. The third-order valence-corrected chi connectivity index (χ3v) is 6.72. The molecular weight excluding hydrogens is 420 g/mol. The number of amides is 2. The zero-order chi connectivity index (χ0) is 23.4. The minimum absolute atomic E-state index is 0.0598. The van der Waals surface area contributed by atoms with Crippen LogP contribution in [0.15, 0.2) is 48.5 Å². The Balaban J connectivity index is 1.39. The van der Waals surface area contributed by atoms with Crippen molar-refractivity contribution in [3.63, 3.8) is 0 Å². The molecule has 0 bridgehead atoms. The van der Waals surface area contributed by atoms with E-state index in [2.05, 4.69) is 34.9 Å². The van der Waals surface area contributed by atoms with Crippen LogP contribution in [0.1, 0.15) is 62.5 Å². The van der Waals surface area contributed by atoms with Gasteiger partial charge < -0.3 is 20.5 Å². The predicted octanol–water partition coefficient (Wildman–Crippen LogP) is 4.21. The van der Waals surface area contributed by atoms with E-state index in [4.69, 9.17) is 4.74 Å². The first kappa shape index (κ1) is 22.8. The molecule has 1 saturated carbocycles. The van der Waals surface area contributed by atoms with E-state index in [1.165, 1.54) is 0 Å². The van der Waals surface area contributed by atoms with Crippen molar-refractivity contribution in [1.29, 1.82) is 0 Å². The summed E-state index contributed by atoms with van der Waals surface area (Å²) in [6.07, 6.45) is 2.52. The van der Waals surface area contributed by atoms with Crippen LogP contribution in [-0.2, 0) is 14.3 Å². The van der Waals surface area contributed by atoms with Gasteiger partial charge in [0.05, 0.1) is 12.0 Å². The lowest BCUT2D eigenvalue weighted by Gasteiger charge is -2.42. The molecule has 0 saturated heterocycles. The number of fused-ring (bicyclic) bond motifs is 3. The Labute approximate surface area is 193 Å². The fourth-order valence-electron chi connectivity index (χ4n) is 4.93. The molecule has 0 spiro atoms. The van der Waals surface area contributed by atoms with E-state index in [1.54, 1.807) is 0 Å². The molecule has 4 rings (SSSR count). The van der Waals surface area contributed by atoms with Gasteiger partial charge in [-0.25, -0.2) is 4.79 Å². The van der Waals surface area contributed by atoms with E-state index in [0.29, 0.717) is 25.7 Å². The highest BCUT2D eigenvalue weighted by Crippen LogP contribution is 2.44. The summed E-state index contributed by atoms with van der Waals surface area (Å²) in [7, 11) is 0. The van der Waals surface area contributed by atoms with Crippen molar-refractivity contribution in [2.75, 3.05) is 6.61 Å². The molecule has 0 aliphatic heterocycles. The molecule has 2 aromatic carbocycles. The lowest BCUT2D eigenvalue weighted by atomic mass is 9.74. The highest BCUT2D eigenvalue weighted by molar-refractivity contribution is 5.87. The van der Waals surface area contributed by atoms with Crippen LogP contribution >= 0.6 is 0 Å². The van der Waals surface area contributed by atoms with Gasteiger partial charge in [-0.2, -0.15) is 0 Å². The van der Waals surface area contributed by atoms with E-state index >= 15 is 0 Å². The van der Waals surface area contributed by atoms with Crippen LogP contribution in [0.3, 0.4) is 0 Å². The third kappa shape index (κ3) is 4.87. The van der Waals surface area contributed by atoms with Crippen molar-refractivity contribution in [2.45, 2.75) is 62.9 Å². The number of benzene rings is 2. The second-order valence-corrected chi connectivity index (χ2v) is 9.00. The standard InChI is InChI=1S/C26H30N2O5/c1-2-8-22(24(31)28-26(13-7-14-26)15-23(29)30)27-25(32)33-16-21-19-11-5-3-9-17(19)18-10-4-6-12-20(18)21/h3-6,9-12,21-22H,2,7-8,13-16H2,1H3,(H,27,32)(H,28,31)(H,29,30)/t22-/m0/s1. The summed E-state index contributed by atoms with van der Waals surface area (Å²) in [5.41, 5.74) is 3.83. The quantitative estimate of drug-likeness (QED) is 0.531. The molecule has 7 nitrogen and oxygen atoms in total. The number of carbonyl (C=O) groups excluding carboxylic acids is 2. The molecule has 0 unspecified atom stereocenters. The molecule has 7 heteroatoms. The van der Waals surface area contributed by atoms with Crippen molar-refractivity contribution in [2.24, 2.45) is 0 Å². The SMILES string of the molecule is CCC[C@H](NC(=O)OCC1c2ccccc2-c2ccccc21)C(=O)NC1(CC(=O)O)CCC1. The largest absolute Gasteiger partial charge is 0.481 e. The zero-order valence-corrected chi connectivity index (χ0v) is 18.8. The minimum Gasteiger partial charge on any atom is -0.481 e. The van der Waals surface area contributed by atoms with Gasteiger partial charge in [-0.05, 0) is 47.9 Å². The molecule has 3 N–H and O–H groups in total. The number of hydrogen-bond acceptors (Lipinski definition) is 4. The number of nitrogens with one attached hydrogen (secondary N) is 2. The first-order valence-corrected chi connectivity index (χ1v) is 11.6. The summed E-state index contributed by atoms with van der Waals surface area (Å²) in [6.45, 7) is 2.10. The summed E-state index contributed by atoms with van der Waals surface area (Å²) >= 11 is 0. The van der Waals surface area contributed by atoms with Crippen LogP contribution in [-0.4, -0.2) is 41.3 Å². The molecule has 2 amide bonds. The number of alkyl carbamates (subject to hydrolysis) is 1. The van der Waals surface area contributed by atoms with Gasteiger partial charge in [0.25, 0.3) is 0 Å². The van der Waals surface area contributed by atoms with Crippen molar-refractivity contribution >= 4 is 18.0 Å². The Morgan fingerprint density at radius 1 is 1.06 bits per heavy atom. The van der Waals surface area contributed by atoms with Gasteiger partial charge in [-0.1, -0.05) is 61.9 Å². The number of ether oxygens (including phenoxy) is 1. The van der Waals surface area contributed by atoms with E-state index in [-0.39, 0.29) is 24.9 Å². The first-order chi connectivity index (χ1) is 15.9. The molecule has 1 fully saturated rings. The Hall–Kier alpha value is -3.35. The first-order valence-electron chi connectivity index (χ1n) is 11.6. The predicted molar refractivity (Wildman–Crippen MR) is 124 cm³/mol. The monoisotopic (exact) mass is 450 g/mol. The Morgan fingerprint density at radius 2 is 1.67 bits per heavy atom. The van der Waals surface area contributed by atoms with Crippen molar-refractivity contribution < 1.29 is 24.2 Å². The minimum atomic E-state index is -0.938. The van der Waals surface area contributed by atoms with Gasteiger partial charge in [-0.15, -0.1) is 0 Å². The molecule has 2 aliphatic rings. The van der Waals surface area contributed by atoms with Crippen LogP contribution in [0.2, 0.25) is 0 Å². The van der Waals surface area contributed by atoms with E-state index in [1.807, 2.05) is 31.2 Å². The van der Waals surface area contributed by atoms with Crippen molar-refractivity contribution in [3.05, 3.63) is 59.7 Å². The number of hydrogen-bond donors (Lipinski definition) is 3. The van der Waals surface area contributed by atoms with Crippen LogP contribution in [0, 0.1) is 0 Å². The van der Waals surface area contributed by atoms with Gasteiger partial charge in [0, 0.05) is 5.92 Å². The number of carbonyl (C=O) groups is 3. The number of carboxylic acid groups (broad SMARTS) is 1. The Kier molecular flexibility index (Phi) is 6.67. The highest BCUT2D eigenvalue weighted by atomic mass is 16.5. The highest BCUT2D eigenvalue weighted by Gasteiger charge is 2.41. The van der Waals surface area contributed by atoms with Crippen molar-refractivity contribution in [1.82, 2.24) is 10.6 Å². The molecule has 0 radical (unpaired) electrons. The molecule has 0 heterocycles.